The van der Waals surface area contributed by atoms with Gasteiger partial charge in [0.1, 0.15) is 5.69 Å². The zero-order chi connectivity index (χ0) is 17.2. The van der Waals surface area contributed by atoms with Gasteiger partial charge >= 0.3 is 0 Å². The van der Waals surface area contributed by atoms with Crippen molar-refractivity contribution in [1.82, 2.24) is 19.6 Å². The highest BCUT2D eigenvalue weighted by Crippen LogP contribution is 2.27. The van der Waals surface area contributed by atoms with Gasteiger partial charge in [-0.15, -0.1) is 0 Å². The molecule has 2 aromatic heterocycles. The molecule has 0 amide bonds. The smallest absolute Gasteiger partial charge is 0.227 e. The van der Waals surface area contributed by atoms with E-state index in [0.717, 1.165) is 22.5 Å². The second-order valence-corrected chi connectivity index (χ2v) is 5.98. The number of rotatable bonds is 4. The molecule has 0 atom stereocenters. The Labute approximate surface area is 141 Å². The van der Waals surface area contributed by atoms with Gasteiger partial charge in [-0.25, -0.2) is 9.97 Å². The van der Waals surface area contributed by atoms with E-state index in [9.17, 15) is 5.21 Å². The summed E-state index contributed by atoms with van der Waals surface area (Å²) >= 11 is 0. The summed E-state index contributed by atoms with van der Waals surface area (Å²) in [5, 5.41) is 15.3. The van der Waals surface area contributed by atoms with Crippen molar-refractivity contribution in [2.75, 3.05) is 19.4 Å². The standard InChI is InChI=1S/C18H19N5O/c1-13-6-7-15(23(2,3)24)11-17(13)22-18-20-10-8-16(21-18)14-5-4-9-19-12-14/h4-12H,1-3H3,(H,20,21,22). The number of hydrogen-bond donors (Lipinski definition) is 1. The predicted molar refractivity (Wildman–Crippen MR) is 96.7 cm³/mol. The van der Waals surface area contributed by atoms with E-state index in [0.29, 0.717) is 11.6 Å². The number of benzene rings is 1. The maximum Gasteiger partial charge on any atom is 0.227 e. The molecule has 0 unspecified atom stereocenters. The first kappa shape index (κ1) is 16.0. The Morgan fingerprint density at radius 3 is 2.62 bits per heavy atom. The third kappa shape index (κ3) is 3.56. The average Bonchev–Trinajstić information content (AvgIpc) is 2.57. The summed E-state index contributed by atoms with van der Waals surface area (Å²) in [5.41, 5.74) is 4.20. The number of hydrogen-bond acceptors (Lipinski definition) is 5. The number of nitrogens with one attached hydrogen (secondary N) is 1. The summed E-state index contributed by atoms with van der Waals surface area (Å²) < 4.78 is -0.495. The van der Waals surface area contributed by atoms with Crippen molar-refractivity contribution in [3.63, 3.8) is 0 Å². The highest BCUT2D eigenvalue weighted by atomic mass is 16.5. The van der Waals surface area contributed by atoms with Gasteiger partial charge in [0.2, 0.25) is 5.95 Å². The van der Waals surface area contributed by atoms with Crippen LogP contribution in [-0.4, -0.2) is 29.0 Å². The molecule has 3 rings (SSSR count). The van der Waals surface area contributed by atoms with Crippen LogP contribution >= 0.6 is 0 Å². The van der Waals surface area contributed by atoms with Crippen molar-refractivity contribution < 1.29 is 0 Å². The zero-order valence-electron chi connectivity index (χ0n) is 13.9. The fraction of sp³-hybridized carbons (Fsp3) is 0.167. The molecule has 6 heteroatoms. The van der Waals surface area contributed by atoms with Crippen LogP contribution in [0.1, 0.15) is 5.56 Å². The van der Waals surface area contributed by atoms with Crippen molar-refractivity contribution >= 4 is 17.3 Å². The van der Waals surface area contributed by atoms with Gasteiger partial charge in [-0.3, -0.25) is 4.98 Å². The fourth-order valence-electron chi connectivity index (χ4n) is 2.29. The first-order chi connectivity index (χ1) is 11.4. The van der Waals surface area contributed by atoms with Crippen molar-refractivity contribution in [3.8, 4) is 11.3 Å². The Morgan fingerprint density at radius 1 is 1.08 bits per heavy atom. The van der Waals surface area contributed by atoms with Gasteiger partial charge in [0.15, 0.2) is 0 Å². The molecule has 0 radical (unpaired) electrons. The lowest BCUT2D eigenvalue weighted by atomic mass is 10.1. The van der Waals surface area contributed by atoms with E-state index in [1.165, 1.54) is 0 Å². The minimum atomic E-state index is -0.495. The number of anilines is 2. The molecule has 122 valence electrons. The Balaban J connectivity index is 1.92. The monoisotopic (exact) mass is 321 g/mol. The van der Waals surface area contributed by atoms with Gasteiger partial charge in [0.05, 0.1) is 19.8 Å². The predicted octanol–water partition coefficient (Wildman–Crippen LogP) is 3.66. The second-order valence-electron chi connectivity index (χ2n) is 5.98. The number of hydroxylamine groups is 2. The van der Waals surface area contributed by atoms with Gasteiger partial charge in [-0.05, 0) is 36.8 Å². The van der Waals surface area contributed by atoms with Crippen LogP contribution in [0.25, 0.3) is 11.3 Å². The van der Waals surface area contributed by atoms with Crippen LogP contribution in [-0.2, 0) is 0 Å². The second kappa shape index (κ2) is 6.35. The van der Waals surface area contributed by atoms with Crippen LogP contribution in [0.5, 0.6) is 0 Å². The van der Waals surface area contributed by atoms with Crippen molar-refractivity contribution in [2.24, 2.45) is 0 Å². The van der Waals surface area contributed by atoms with Crippen LogP contribution < -0.4 is 9.96 Å². The van der Waals surface area contributed by atoms with Crippen LogP contribution in [0.4, 0.5) is 17.3 Å². The summed E-state index contributed by atoms with van der Waals surface area (Å²) in [6, 6.07) is 11.2. The van der Waals surface area contributed by atoms with Gasteiger partial charge in [-0.1, -0.05) is 6.07 Å². The van der Waals surface area contributed by atoms with Crippen LogP contribution in [0, 0.1) is 12.1 Å². The SMILES string of the molecule is Cc1ccc([N+](C)(C)[O-])cc1Nc1nccc(-c2cccnc2)n1. The summed E-state index contributed by atoms with van der Waals surface area (Å²) in [4.78, 5) is 12.9. The number of aryl methyl sites for hydroxylation is 1. The number of nitrogens with zero attached hydrogens (tertiary/aromatic N) is 4. The van der Waals surface area contributed by atoms with Crippen LogP contribution in [0.2, 0.25) is 0 Å². The Kier molecular flexibility index (Phi) is 4.24. The summed E-state index contributed by atoms with van der Waals surface area (Å²) in [6.07, 6.45) is 5.18. The molecule has 6 nitrogen and oxygen atoms in total. The third-order valence-corrected chi connectivity index (χ3v) is 3.70. The lowest BCUT2D eigenvalue weighted by Gasteiger charge is -2.33. The largest absolute Gasteiger partial charge is 0.628 e. The molecule has 2 heterocycles. The molecule has 0 spiro atoms. The molecule has 0 fully saturated rings. The Morgan fingerprint density at radius 2 is 1.92 bits per heavy atom. The maximum absolute atomic E-state index is 12.1. The minimum Gasteiger partial charge on any atom is -0.628 e. The van der Waals surface area contributed by atoms with Gasteiger partial charge < -0.3 is 15.2 Å². The molecule has 0 bridgehead atoms. The lowest BCUT2D eigenvalue weighted by molar-refractivity contribution is 0.543. The van der Waals surface area contributed by atoms with E-state index in [2.05, 4.69) is 20.3 Å². The van der Waals surface area contributed by atoms with Crippen LogP contribution in [0.15, 0.2) is 55.0 Å². The number of aromatic nitrogens is 3. The lowest BCUT2D eigenvalue weighted by Crippen LogP contribution is -2.32. The molecule has 0 saturated heterocycles. The normalized spacial score (nSPS) is 11.3. The van der Waals surface area contributed by atoms with E-state index in [1.807, 2.05) is 43.3 Å². The van der Waals surface area contributed by atoms with Crippen molar-refractivity contribution in [1.29, 1.82) is 0 Å². The van der Waals surface area contributed by atoms with Gasteiger partial charge in [0.25, 0.3) is 0 Å². The minimum absolute atomic E-state index is 0.479. The molecule has 3 aromatic rings. The maximum atomic E-state index is 12.1. The molecule has 0 aliphatic carbocycles. The van der Waals surface area contributed by atoms with E-state index < -0.39 is 4.65 Å². The molecular formula is C18H19N5O. The third-order valence-electron chi connectivity index (χ3n) is 3.70. The molecule has 0 aliphatic rings. The number of quaternary nitrogens is 1. The summed E-state index contributed by atoms with van der Waals surface area (Å²) in [7, 11) is 3.18. The molecular weight excluding hydrogens is 302 g/mol. The van der Waals surface area contributed by atoms with E-state index in [1.54, 1.807) is 32.7 Å². The van der Waals surface area contributed by atoms with E-state index in [-0.39, 0.29) is 0 Å². The quantitative estimate of drug-likeness (QED) is 0.586. The molecule has 0 aliphatic heterocycles. The first-order valence-electron chi connectivity index (χ1n) is 7.60. The molecule has 24 heavy (non-hydrogen) atoms. The average molecular weight is 321 g/mol. The number of pyridine rings is 1. The molecule has 0 saturated carbocycles. The van der Waals surface area contributed by atoms with E-state index in [4.69, 9.17) is 0 Å². The van der Waals surface area contributed by atoms with Gasteiger partial charge in [-0.2, -0.15) is 0 Å². The molecule has 1 N–H and O–H groups in total. The van der Waals surface area contributed by atoms with Crippen molar-refractivity contribution in [3.05, 3.63) is 65.8 Å². The zero-order valence-corrected chi connectivity index (χ0v) is 13.9. The summed E-state index contributed by atoms with van der Waals surface area (Å²) in [5.74, 6) is 0.479. The van der Waals surface area contributed by atoms with Crippen molar-refractivity contribution in [2.45, 2.75) is 6.92 Å². The fourth-order valence-corrected chi connectivity index (χ4v) is 2.29. The highest BCUT2D eigenvalue weighted by molar-refractivity contribution is 5.66. The highest BCUT2D eigenvalue weighted by Gasteiger charge is 2.11. The molecule has 1 aromatic carbocycles. The topological polar surface area (TPSA) is 73.8 Å². The Hall–Kier alpha value is -2.83. The van der Waals surface area contributed by atoms with Gasteiger partial charge in [0, 0.05) is 35.9 Å². The van der Waals surface area contributed by atoms with Crippen LogP contribution in [0.3, 0.4) is 0 Å². The van der Waals surface area contributed by atoms with E-state index >= 15 is 0 Å². The Bertz CT molecular complexity index is 844. The first-order valence-corrected chi connectivity index (χ1v) is 7.60. The summed E-state index contributed by atoms with van der Waals surface area (Å²) in [6.45, 7) is 1.97.